The number of hydrogen-bond acceptors (Lipinski definition) is 3. The van der Waals surface area contributed by atoms with Crippen molar-refractivity contribution < 1.29 is 9.47 Å². The molecule has 0 saturated heterocycles. The van der Waals surface area contributed by atoms with Crippen LogP contribution in [0.4, 0.5) is 0 Å². The molecular weight excluding hydrogens is 238 g/mol. The average molecular weight is 255 g/mol. The molecule has 0 aliphatic carbocycles. The number of nitriles is 1. The molecule has 0 aromatic heterocycles. The maximum absolute atomic E-state index is 8.45. The molecule has 0 atom stereocenters. The standard InChI is InChI=1S/C16H17NO2/c1-4-13(2)8-9-14(3)19-16-7-5-6-15(12-16)18-11-10-17/h4-9,12H,3,11H2,1-2H3/b9-8-,13-4-. The van der Waals surface area contributed by atoms with Crippen LogP contribution in [0.2, 0.25) is 0 Å². The van der Waals surface area contributed by atoms with Crippen molar-refractivity contribution >= 4 is 0 Å². The Kier molecular flexibility index (Phi) is 5.97. The van der Waals surface area contributed by atoms with E-state index in [0.29, 0.717) is 17.3 Å². The van der Waals surface area contributed by atoms with E-state index in [1.54, 1.807) is 30.3 Å². The molecule has 3 nitrogen and oxygen atoms in total. The Morgan fingerprint density at radius 1 is 1.37 bits per heavy atom. The van der Waals surface area contributed by atoms with Crippen molar-refractivity contribution in [3.05, 3.63) is 60.4 Å². The largest absolute Gasteiger partial charge is 0.479 e. The first-order chi connectivity index (χ1) is 9.15. The summed E-state index contributed by atoms with van der Waals surface area (Å²) in [6.45, 7) is 7.81. The maximum Gasteiger partial charge on any atom is 0.174 e. The Hall–Kier alpha value is -2.47. The van der Waals surface area contributed by atoms with Gasteiger partial charge in [0.05, 0.1) is 0 Å². The van der Waals surface area contributed by atoms with Crippen molar-refractivity contribution in [2.75, 3.05) is 6.61 Å². The monoisotopic (exact) mass is 255 g/mol. The lowest BCUT2D eigenvalue weighted by Crippen LogP contribution is -1.95. The summed E-state index contributed by atoms with van der Waals surface area (Å²) in [5, 5.41) is 8.45. The third-order valence-corrected chi connectivity index (χ3v) is 2.35. The molecule has 98 valence electrons. The SMILES string of the molecule is C=C(/C=C\C(C)=C/C)Oc1cccc(OCC#N)c1. The highest BCUT2D eigenvalue weighted by Gasteiger charge is 1.98. The summed E-state index contributed by atoms with van der Waals surface area (Å²) in [5.41, 5.74) is 1.14. The van der Waals surface area contributed by atoms with E-state index in [0.717, 1.165) is 5.57 Å². The quantitative estimate of drug-likeness (QED) is 0.570. The Bertz CT molecular complexity index is 536. The van der Waals surface area contributed by atoms with Gasteiger partial charge < -0.3 is 9.47 Å². The first-order valence-electron chi connectivity index (χ1n) is 5.93. The van der Waals surface area contributed by atoms with E-state index in [1.165, 1.54) is 0 Å². The maximum atomic E-state index is 8.45. The van der Waals surface area contributed by atoms with Gasteiger partial charge in [-0.1, -0.05) is 30.4 Å². The Balaban J connectivity index is 2.64. The van der Waals surface area contributed by atoms with Gasteiger partial charge in [0.15, 0.2) is 6.61 Å². The minimum atomic E-state index is 0.0186. The molecule has 0 unspecified atom stereocenters. The van der Waals surface area contributed by atoms with E-state index in [-0.39, 0.29) is 6.61 Å². The summed E-state index contributed by atoms with van der Waals surface area (Å²) in [7, 11) is 0. The van der Waals surface area contributed by atoms with Gasteiger partial charge in [-0.15, -0.1) is 0 Å². The fraction of sp³-hybridized carbons (Fsp3) is 0.188. The zero-order valence-electron chi connectivity index (χ0n) is 11.2. The summed E-state index contributed by atoms with van der Waals surface area (Å²) in [6, 6.07) is 9.02. The number of rotatable bonds is 6. The highest BCUT2D eigenvalue weighted by atomic mass is 16.5. The summed E-state index contributed by atoms with van der Waals surface area (Å²) in [5.74, 6) is 1.77. The highest BCUT2D eigenvalue weighted by molar-refractivity contribution is 5.35. The van der Waals surface area contributed by atoms with Gasteiger partial charge in [0, 0.05) is 6.07 Å². The zero-order chi connectivity index (χ0) is 14.1. The van der Waals surface area contributed by atoms with Crippen LogP contribution in [-0.4, -0.2) is 6.61 Å². The zero-order valence-corrected chi connectivity index (χ0v) is 11.2. The fourth-order valence-electron chi connectivity index (χ4n) is 1.25. The van der Waals surface area contributed by atoms with E-state index in [2.05, 4.69) is 6.58 Å². The van der Waals surface area contributed by atoms with E-state index < -0.39 is 0 Å². The van der Waals surface area contributed by atoms with Gasteiger partial charge in [-0.2, -0.15) is 5.26 Å². The molecule has 1 rings (SSSR count). The van der Waals surface area contributed by atoms with Gasteiger partial charge >= 0.3 is 0 Å². The van der Waals surface area contributed by atoms with Crippen molar-refractivity contribution in [2.45, 2.75) is 13.8 Å². The summed E-state index contributed by atoms with van der Waals surface area (Å²) < 4.78 is 10.8. The van der Waals surface area contributed by atoms with Gasteiger partial charge in [0.25, 0.3) is 0 Å². The molecule has 19 heavy (non-hydrogen) atoms. The number of hydrogen-bond donors (Lipinski definition) is 0. The smallest absolute Gasteiger partial charge is 0.174 e. The van der Waals surface area contributed by atoms with Crippen LogP contribution in [-0.2, 0) is 0 Å². The van der Waals surface area contributed by atoms with Crippen molar-refractivity contribution in [1.82, 2.24) is 0 Å². The molecule has 0 aliphatic heterocycles. The van der Waals surface area contributed by atoms with Gasteiger partial charge in [0.2, 0.25) is 0 Å². The molecule has 0 bridgehead atoms. The molecule has 0 heterocycles. The predicted octanol–water partition coefficient (Wildman–Crippen LogP) is 4.00. The Morgan fingerprint density at radius 2 is 2.11 bits per heavy atom. The molecular formula is C16H17NO2. The van der Waals surface area contributed by atoms with Crippen LogP contribution in [0, 0.1) is 11.3 Å². The first-order valence-corrected chi connectivity index (χ1v) is 5.93. The van der Waals surface area contributed by atoms with E-state index in [1.807, 2.05) is 32.1 Å². The molecule has 0 fully saturated rings. The molecule has 3 heteroatoms. The number of allylic oxidation sites excluding steroid dienone is 4. The van der Waals surface area contributed by atoms with Crippen LogP contribution in [0.3, 0.4) is 0 Å². The number of benzene rings is 1. The lowest BCUT2D eigenvalue weighted by Gasteiger charge is -2.07. The minimum absolute atomic E-state index is 0.0186. The molecule has 1 aromatic carbocycles. The third-order valence-electron chi connectivity index (χ3n) is 2.35. The second kappa shape index (κ2) is 7.78. The van der Waals surface area contributed by atoms with Crippen LogP contribution in [0.1, 0.15) is 13.8 Å². The molecule has 0 spiro atoms. The van der Waals surface area contributed by atoms with Gasteiger partial charge in [-0.05, 0) is 32.1 Å². The summed E-state index contributed by atoms with van der Waals surface area (Å²) in [6.07, 6.45) is 5.73. The molecule has 0 saturated carbocycles. The van der Waals surface area contributed by atoms with Crippen molar-refractivity contribution in [3.8, 4) is 17.6 Å². The van der Waals surface area contributed by atoms with Gasteiger partial charge in [-0.3, -0.25) is 0 Å². The third kappa shape index (κ3) is 5.60. The van der Waals surface area contributed by atoms with Crippen molar-refractivity contribution in [3.63, 3.8) is 0 Å². The van der Waals surface area contributed by atoms with E-state index in [9.17, 15) is 0 Å². The van der Waals surface area contributed by atoms with E-state index in [4.69, 9.17) is 14.7 Å². The second-order valence-corrected chi connectivity index (χ2v) is 3.86. The predicted molar refractivity (Wildman–Crippen MR) is 75.9 cm³/mol. The van der Waals surface area contributed by atoms with Crippen molar-refractivity contribution in [1.29, 1.82) is 5.26 Å². The van der Waals surface area contributed by atoms with E-state index >= 15 is 0 Å². The molecule has 0 aliphatic rings. The Morgan fingerprint density at radius 3 is 2.79 bits per heavy atom. The van der Waals surface area contributed by atoms with Crippen LogP contribution in [0.5, 0.6) is 11.5 Å². The highest BCUT2D eigenvalue weighted by Crippen LogP contribution is 2.21. The van der Waals surface area contributed by atoms with Crippen LogP contribution >= 0.6 is 0 Å². The van der Waals surface area contributed by atoms with Gasteiger partial charge in [0.1, 0.15) is 23.3 Å². The first kappa shape index (κ1) is 14.6. The van der Waals surface area contributed by atoms with Crippen molar-refractivity contribution in [2.24, 2.45) is 0 Å². The van der Waals surface area contributed by atoms with Gasteiger partial charge in [-0.25, -0.2) is 0 Å². The normalized spacial score (nSPS) is 11.1. The summed E-state index contributed by atoms with van der Waals surface area (Å²) >= 11 is 0. The lowest BCUT2D eigenvalue weighted by molar-refractivity contribution is 0.364. The average Bonchev–Trinajstić information content (AvgIpc) is 2.43. The lowest BCUT2D eigenvalue weighted by atomic mass is 10.2. The number of ether oxygens (including phenoxy) is 2. The number of nitrogens with zero attached hydrogens (tertiary/aromatic N) is 1. The molecule has 0 amide bonds. The second-order valence-electron chi connectivity index (χ2n) is 3.86. The van der Waals surface area contributed by atoms with Crippen LogP contribution < -0.4 is 9.47 Å². The molecule has 1 aromatic rings. The minimum Gasteiger partial charge on any atom is -0.479 e. The Labute approximate surface area is 114 Å². The summed E-state index contributed by atoms with van der Waals surface area (Å²) in [4.78, 5) is 0. The molecule has 0 N–H and O–H groups in total. The fourth-order valence-corrected chi connectivity index (χ4v) is 1.25. The molecule has 0 radical (unpaired) electrons. The van der Waals surface area contributed by atoms with Crippen LogP contribution in [0.15, 0.2) is 60.4 Å². The van der Waals surface area contributed by atoms with Crippen LogP contribution in [0.25, 0.3) is 0 Å². The topological polar surface area (TPSA) is 42.2 Å².